The fourth-order valence-electron chi connectivity index (χ4n) is 6.53. The first kappa shape index (κ1) is 33.8. The Morgan fingerprint density at radius 2 is 1.52 bits per heavy atom. The summed E-state index contributed by atoms with van der Waals surface area (Å²) in [6.07, 6.45) is 2.39. The van der Waals surface area contributed by atoms with Crippen molar-refractivity contribution in [1.29, 1.82) is 0 Å². The summed E-state index contributed by atoms with van der Waals surface area (Å²) in [6.45, 7) is 6.40. The molecule has 1 atom stereocenters. The van der Waals surface area contributed by atoms with Gasteiger partial charge in [0.1, 0.15) is 29.5 Å². The minimum Gasteiger partial charge on any atom is -0.490 e. The monoisotopic (exact) mass is 666 g/mol. The van der Waals surface area contributed by atoms with Crippen molar-refractivity contribution in [3.8, 4) is 22.6 Å². The summed E-state index contributed by atoms with van der Waals surface area (Å²) in [5, 5.41) is 9.02. The van der Waals surface area contributed by atoms with Gasteiger partial charge in [0.25, 0.3) is 5.91 Å². The number of likely N-dealkylation sites (tertiary alicyclic amines) is 1. The van der Waals surface area contributed by atoms with E-state index in [0.717, 1.165) is 73.6 Å². The van der Waals surface area contributed by atoms with Crippen molar-refractivity contribution in [3.63, 3.8) is 0 Å². The lowest BCUT2D eigenvalue weighted by Crippen LogP contribution is -2.43. The van der Waals surface area contributed by atoms with Crippen LogP contribution in [0.2, 0.25) is 0 Å². The van der Waals surface area contributed by atoms with Crippen molar-refractivity contribution in [2.75, 3.05) is 57.3 Å². The second kappa shape index (κ2) is 15.4. The number of hydrogen-bond donors (Lipinski definition) is 2. The van der Waals surface area contributed by atoms with Gasteiger partial charge in [-0.1, -0.05) is 36.4 Å². The van der Waals surface area contributed by atoms with E-state index in [0.29, 0.717) is 37.2 Å². The van der Waals surface area contributed by atoms with Crippen LogP contribution >= 0.6 is 24.8 Å². The molecule has 46 heavy (non-hydrogen) atoms. The van der Waals surface area contributed by atoms with Crippen LogP contribution in [-0.2, 0) is 0 Å². The molecule has 0 radical (unpaired) electrons. The molecule has 0 spiro atoms. The predicted octanol–water partition coefficient (Wildman–Crippen LogP) is 6.32. The highest BCUT2D eigenvalue weighted by molar-refractivity contribution is 5.97. The third-order valence-corrected chi connectivity index (χ3v) is 8.97. The number of benzene rings is 4. The van der Waals surface area contributed by atoms with Crippen molar-refractivity contribution in [2.24, 2.45) is 0 Å². The van der Waals surface area contributed by atoms with Crippen LogP contribution in [0, 0.1) is 5.82 Å². The minimum absolute atomic E-state index is 0. The van der Waals surface area contributed by atoms with E-state index < -0.39 is 0 Å². The van der Waals surface area contributed by atoms with E-state index in [1.165, 1.54) is 11.5 Å². The molecule has 7 rings (SSSR count). The van der Waals surface area contributed by atoms with Gasteiger partial charge in [-0.15, -0.1) is 24.8 Å². The molecule has 3 aliphatic rings. The molecule has 2 N–H and O–H groups in total. The zero-order valence-corrected chi connectivity index (χ0v) is 27.4. The Morgan fingerprint density at radius 3 is 2.28 bits per heavy atom. The molecule has 0 unspecified atom stereocenters. The fourth-order valence-corrected chi connectivity index (χ4v) is 6.53. The lowest BCUT2D eigenvalue weighted by Gasteiger charge is -2.33. The van der Waals surface area contributed by atoms with Crippen LogP contribution in [0.25, 0.3) is 21.9 Å². The summed E-state index contributed by atoms with van der Waals surface area (Å²) < 4.78 is 27.2. The summed E-state index contributed by atoms with van der Waals surface area (Å²) >= 11 is 0. The average molecular weight is 668 g/mol. The summed E-state index contributed by atoms with van der Waals surface area (Å²) in [5.74, 6) is 1.07. The van der Waals surface area contributed by atoms with Crippen molar-refractivity contribution < 1.29 is 18.7 Å². The summed E-state index contributed by atoms with van der Waals surface area (Å²) in [7, 11) is 0. The lowest BCUT2D eigenvalue weighted by molar-refractivity contribution is 0.0595. The Labute approximate surface area is 282 Å². The van der Waals surface area contributed by atoms with Gasteiger partial charge in [-0.25, -0.2) is 4.39 Å². The highest BCUT2D eigenvalue weighted by Crippen LogP contribution is 2.35. The molecule has 4 aromatic rings. The number of ether oxygens (including phenoxy) is 2. The van der Waals surface area contributed by atoms with Crippen molar-refractivity contribution >= 4 is 47.2 Å². The Bertz CT molecular complexity index is 1640. The zero-order valence-electron chi connectivity index (χ0n) is 25.8. The first-order valence-electron chi connectivity index (χ1n) is 15.8. The molecule has 3 aliphatic heterocycles. The van der Waals surface area contributed by atoms with Crippen molar-refractivity contribution in [1.82, 2.24) is 15.5 Å². The van der Waals surface area contributed by atoms with Gasteiger partial charge in [-0.05, 0) is 59.6 Å². The van der Waals surface area contributed by atoms with E-state index >= 15 is 0 Å². The number of halogens is 3. The van der Waals surface area contributed by atoms with Gasteiger partial charge in [0.15, 0.2) is 0 Å². The van der Waals surface area contributed by atoms with Crippen molar-refractivity contribution in [2.45, 2.75) is 31.5 Å². The van der Waals surface area contributed by atoms with E-state index in [1.54, 1.807) is 6.07 Å². The second-order valence-corrected chi connectivity index (χ2v) is 12.0. The van der Waals surface area contributed by atoms with E-state index in [-0.39, 0.29) is 48.7 Å². The molecule has 4 aromatic carbocycles. The maximum absolute atomic E-state index is 14.5. The molecule has 0 aliphatic carbocycles. The molecular weight excluding hydrogens is 626 g/mol. The van der Waals surface area contributed by atoms with E-state index in [4.69, 9.17) is 9.47 Å². The van der Waals surface area contributed by atoms with E-state index in [2.05, 4.69) is 45.9 Å². The summed E-state index contributed by atoms with van der Waals surface area (Å²) in [5.41, 5.74) is 3.46. The Morgan fingerprint density at radius 1 is 0.739 bits per heavy atom. The third kappa shape index (κ3) is 7.69. The second-order valence-electron chi connectivity index (χ2n) is 12.0. The van der Waals surface area contributed by atoms with Gasteiger partial charge >= 0.3 is 0 Å². The number of piperidine rings is 1. The van der Waals surface area contributed by atoms with Crippen LogP contribution < -0.4 is 25.0 Å². The molecule has 10 heteroatoms. The molecule has 3 saturated heterocycles. The Balaban J connectivity index is 0.00000208. The quantitative estimate of drug-likeness (QED) is 0.241. The molecule has 0 bridgehead atoms. The third-order valence-electron chi connectivity index (χ3n) is 8.97. The number of carbonyl (C=O) groups excluding carboxylic acids is 1. The van der Waals surface area contributed by atoms with Gasteiger partial charge in [-0.3, -0.25) is 4.79 Å². The van der Waals surface area contributed by atoms with Gasteiger partial charge in [-0.2, -0.15) is 0 Å². The topological polar surface area (TPSA) is 66.1 Å². The normalized spacial score (nSPS) is 18.5. The highest BCUT2D eigenvalue weighted by Gasteiger charge is 2.27. The first-order chi connectivity index (χ1) is 21.6. The van der Waals surface area contributed by atoms with Crippen LogP contribution in [0.4, 0.5) is 10.1 Å². The fraction of sp³-hybridized carbons (Fsp3) is 0.361. The number of fused-ring (bicyclic) bond motifs is 1. The Kier molecular flexibility index (Phi) is 11.3. The maximum Gasteiger partial charge on any atom is 0.253 e. The SMILES string of the molecule is Cl.Cl.O=C(c1ccc(O[C@H]2CCNC2)c(-c2ccc3ccccc3c2)c1)N1CCC(Oc2cc(F)cc(N3CCNCC3)c2)CC1. The van der Waals surface area contributed by atoms with Crippen molar-refractivity contribution in [3.05, 3.63) is 90.2 Å². The van der Waals surface area contributed by atoms with Gasteiger partial charge in [0.2, 0.25) is 0 Å². The summed E-state index contributed by atoms with van der Waals surface area (Å²) in [6, 6.07) is 25.5. The molecule has 0 aromatic heterocycles. The zero-order chi connectivity index (χ0) is 29.9. The predicted molar refractivity (Wildman–Crippen MR) is 187 cm³/mol. The number of carbonyl (C=O) groups is 1. The summed E-state index contributed by atoms with van der Waals surface area (Å²) in [4.78, 5) is 17.8. The Hall–Kier alpha value is -3.56. The van der Waals surface area contributed by atoms with E-state index in [9.17, 15) is 9.18 Å². The van der Waals surface area contributed by atoms with Gasteiger partial charge in [0.05, 0.1) is 0 Å². The van der Waals surface area contributed by atoms with Crippen LogP contribution in [0.1, 0.15) is 29.6 Å². The number of nitrogens with one attached hydrogen (secondary N) is 2. The first-order valence-corrected chi connectivity index (χ1v) is 15.8. The van der Waals surface area contributed by atoms with Crippen LogP contribution in [0.3, 0.4) is 0 Å². The standard InChI is InChI=1S/C36H39FN4O3.2ClH/c37-29-21-30(40-17-13-38-14-18-40)23-33(22-29)43-31-10-15-41(16-11-31)36(42)28-7-8-35(44-32-9-12-39-24-32)34(20-28)27-6-5-25-3-1-2-4-26(25)19-27;;/h1-8,19-23,31-32,38-39H,9-18,24H2;2*1H/t32-;;/m0../s1. The number of hydrogen-bond acceptors (Lipinski definition) is 6. The largest absolute Gasteiger partial charge is 0.490 e. The molecule has 3 fully saturated rings. The number of amides is 1. The smallest absolute Gasteiger partial charge is 0.253 e. The molecule has 7 nitrogen and oxygen atoms in total. The molecule has 244 valence electrons. The maximum atomic E-state index is 14.5. The van der Waals surface area contributed by atoms with Crippen LogP contribution in [0.15, 0.2) is 78.9 Å². The average Bonchev–Trinajstić information content (AvgIpc) is 3.58. The molecular formula is C36H41Cl2FN4O3. The molecule has 0 saturated carbocycles. The number of piperazine rings is 1. The minimum atomic E-state index is -0.289. The van der Waals surface area contributed by atoms with E-state index in [1.807, 2.05) is 41.3 Å². The highest BCUT2D eigenvalue weighted by atomic mass is 35.5. The molecule has 3 heterocycles. The number of rotatable bonds is 7. The van der Waals surface area contributed by atoms with Crippen LogP contribution in [-0.4, -0.2) is 75.4 Å². The van der Waals surface area contributed by atoms with Gasteiger partial charge in [0, 0.05) is 87.6 Å². The van der Waals surface area contributed by atoms with Crippen LogP contribution in [0.5, 0.6) is 11.5 Å². The van der Waals surface area contributed by atoms with Gasteiger partial charge < -0.3 is 29.9 Å². The molecule has 1 amide bonds. The number of nitrogens with zero attached hydrogens (tertiary/aromatic N) is 2. The lowest BCUT2D eigenvalue weighted by atomic mass is 9.98. The number of anilines is 1.